The van der Waals surface area contributed by atoms with E-state index in [9.17, 15) is 13.2 Å². The fourth-order valence-corrected chi connectivity index (χ4v) is 4.71. The molecule has 8 nitrogen and oxygen atoms in total. The molecule has 2 aliphatic heterocycles. The molecule has 0 unspecified atom stereocenters. The number of rotatable bonds is 7. The van der Waals surface area contributed by atoms with E-state index in [1.807, 2.05) is 23.1 Å². The molecule has 1 amide bonds. The number of piperidine rings is 1. The molecule has 0 aromatic heterocycles. The van der Waals surface area contributed by atoms with Crippen LogP contribution < -0.4 is 18.9 Å². The number of hydrogen-bond donors (Lipinski definition) is 2. The van der Waals surface area contributed by atoms with Crippen LogP contribution in [-0.4, -0.2) is 64.4 Å². The second-order valence-corrected chi connectivity index (χ2v) is 9.20. The summed E-state index contributed by atoms with van der Waals surface area (Å²) < 4.78 is 39.0. The van der Waals surface area contributed by atoms with Crippen LogP contribution in [0.15, 0.2) is 23.1 Å². The van der Waals surface area contributed by atoms with E-state index in [4.69, 9.17) is 9.47 Å². The lowest BCUT2D eigenvalue weighted by Gasteiger charge is -2.32. The lowest BCUT2D eigenvalue weighted by molar-refractivity contribution is -0.131. The number of likely N-dealkylation sites (tertiary alicyclic amines) is 1. The highest BCUT2D eigenvalue weighted by atomic mass is 32.2. The van der Waals surface area contributed by atoms with Gasteiger partial charge >= 0.3 is 0 Å². The Hall–Kier alpha value is -1.49. The minimum atomic E-state index is -3.43. The van der Waals surface area contributed by atoms with Gasteiger partial charge in [0.05, 0.1) is 0 Å². The van der Waals surface area contributed by atoms with Gasteiger partial charge in [0, 0.05) is 43.2 Å². The van der Waals surface area contributed by atoms with Crippen LogP contribution in [0.4, 0.5) is 0 Å². The molecule has 0 bridgehead atoms. The van der Waals surface area contributed by atoms with E-state index in [2.05, 4.69) is 9.44 Å². The third-order valence-corrected chi connectivity index (χ3v) is 6.71. The number of ether oxygens (including phenoxy) is 2. The van der Waals surface area contributed by atoms with Crippen molar-refractivity contribution in [2.45, 2.75) is 30.2 Å². The van der Waals surface area contributed by atoms with Crippen molar-refractivity contribution in [3.63, 3.8) is 0 Å². The Morgan fingerprint density at radius 1 is 1.22 bits per heavy atom. The SMILES string of the molecule is CNS(=O)(=O)NC1CCN(C(=O)CCSc2ccc3c(c2)OCCO3)CC1. The van der Waals surface area contributed by atoms with E-state index >= 15 is 0 Å². The Labute approximate surface area is 164 Å². The molecule has 27 heavy (non-hydrogen) atoms. The van der Waals surface area contributed by atoms with Crippen LogP contribution in [0, 0.1) is 0 Å². The van der Waals surface area contributed by atoms with Gasteiger partial charge in [-0.2, -0.15) is 13.1 Å². The number of thioether (sulfide) groups is 1. The lowest BCUT2D eigenvalue weighted by atomic mass is 10.1. The highest BCUT2D eigenvalue weighted by Crippen LogP contribution is 2.34. The molecule has 150 valence electrons. The van der Waals surface area contributed by atoms with Crippen LogP contribution in [0.5, 0.6) is 11.5 Å². The van der Waals surface area contributed by atoms with E-state index < -0.39 is 10.2 Å². The van der Waals surface area contributed by atoms with Crippen molar-refractivity contribution in [2.24, 2.45) is 0 Å². The van der Waals surface area contributed by atoms with Gasteiger partial charge in [-0.25, -0.2) is 4.72 Å². The molecule has 0 aliphatic carbocycles. The first-order valence-electron chi connectivity index (χ1n) is 8.98. The monoisotopic (exact) mass is 415 g/mol. The molecule has 3 rings (SSSR count). The lowest BCUT2D eigenvalue weighted by Crippen LogP contribution is -2.48. The third-order valence-electron chi connectivity index (χ3n) is 4.54. The van der Waals surface area contributed by atoms with Gasteiger partial charge in [-0.3, -0.25) is 4.79 Å². The fraction of sp³-hybridized carbons (Fsp3) is 0.588. The maximum atomic E-state index is 12.4. The minimum Gasteiger partial charge on any atom is -0.486 e. The summed E-state index contributed by atoms with van der Waals surface area (Å²) in [5.74, 6) is 2.31. The van der Waals surface area contributed by atoms with Crippen molar-refractivity contribution in [3.8, 4) is 11.5 Å². The number of hydrogen-bond acceptors (Lipinski definition) is 6. The van der Waals surface area contributed by atoms with Crippen LogP contribution in [-0.2, 0) is 15.0 Å². The van der Waals surface area contributed by atoms with Crippen LogP contribution in [0.3, 0.4) is 0 Å². The van der Waals surface area contributed by atoms with Gasteiger partial charge in [-0.1, -0.05) is 0 Å². The van der Waals surface area contributed by atoms with Gasteiger partial charge < -0.3 is 14.4 Å². The molecule has 1 saturated heterocycles. The van der Waals surface area contributed by atoms with Gasteiger partial charge in [0.15, 0.2) is 11.5 Å². The zero-order chi connectivity index (χ0) is 19.3. The molecule has 2 aliphatic rings. The van der Waals surface area contributed by atoms with Gasteiger partial charge in [0.1, 0.15) is 13.2 Å². The van der Waals surface area contributed by atoms with Crippen molar-refractivity contribution in [1.29, 1.82) is 0 Å². The predicted molar refractivity (Wildman–Crippen MR) is 103 cm³/mol. The Morgan fingerprint density at radius 2 is 1.93 bits per heavy atom. The molecular formula is C17H25N3O5S2. The topological polar surface area (TPSA) is 97.0 Å². The summed E-state index contributed by atoms with van der Waals surface area (Å²) in [5, 5.41) is 0. The van der Waals surface area contributed by atoms with Crippen LogP contribution in [0.25, 0.3) is 0 Å². The summed E-state index contributed by atoms with van der Waals surface area (Å²) in [5.41, 5.74) is 0. The molecule has 0 atom stereocenters. The standard InChI is InChI=1S/C17H25N3O5S2/c1-18-27(22,23)19-13-4-7-20(8-5-13)17(21)6-11-26-14-2-3-15-16(12-14)25-10-9-24-15/h2-3,12-13,18-19H,4-11H2,1H3. The first kappa shape index (κ1) is 20.2. The summed E-state index contributed by atoms with van der Waals surface area (Å²) in [7, 11) is -2.06. The summed E-state index contributed by atoms with van der Waals surface area (Å²) in [6, 6.07) is 5.69. The molecule has 1 aromatic carbocycles. The largest absolute Gasteiger partial charge is 0.486 e. The summed E-state index contributed by atoms with van der Waals surface area (Å²) in [6.07, 6.45) is 1.70. The van der Waals surface area contributed by atoms with E-state index in [0.29, 0.717) is 51.3 Å². The van der Waals surface area contributed by atoms with Crippen molar-refractivity contribution in [2.75, 3.05) is 39.1 Å². The molecule has 1 fully saturated rings. The van der Waals surface area contributed by atoms with Crippen molar-refractivity contribution < 1.29 is 22.7 Å². The Kier molecular flexibility index (Phi) is 6.85. The molecular weight excluding hydrogens is 390 g/mol. The van der Waals surface area contributed by atoms with Crippen molar-refractivity contribution in [3.05, 3.63) is 18.2 Å². The highest BCUT2D eigenvalue weighted by molar-refractivity contribution is 7.99. The maximum Gasteiger partial charge on any atom is 0.276 e. The van der Waals surface area contributed by atoms with Crippen LogP contribution in [0.1, 0.15) is 19.3 Å². The predicted octanol–water partition coefficient (Wildman–Crippen LogP) is 0.985. The number of benzene rings is 1. The number of nitrogens with zero attached hydrogens (tertiary/aromatic N) is 1. The number of carbonyl (C=O) groups excluding carboxylic acids is 1. The van der Waals surface area contributed by atoms with Crippen molar-refractivity contribution >= 4 is 27.9 Å². The summed E-state index contributed by atoms with van der Waals surface area (Å²) in [6.45, 7) is 2.27. The molecule has 0 spiro atoms. The molecule has 1 aromatic rings. The summed E-state index contributed by atoms with van der Waals surface area (Å²) in [4.78, 5) is 15.2. The zero-order valence-corrected chi connectivity index (χ0v) is 16.9. The average Bonchev–Trinajstić information content (AvgIpc) is 2.68. The van der Waals surface area contributed by atoms with Crippen LogP contribution in [0.2, 0.25) is 0 Å². The normalized spacial score (nSPS) is 17.7. The molecule has 0 radical (unpaired) electrons. The van der Waals surface area contributed by atoms with E-state index in [-0.39, 0.29) is 11.9 Å². The van der Waals surface area contributed by atoms with Crippen LogP contribution >= 0.6 is 11.8 Å². The molecule has 10 heteroatoms. The van der Waals surface area contributed by atoms with Gasteiger partial charge in [0.2, 0.25) is 5.91 Å². The number of amides is 1. The maximum absolute atomic E-state index is 12.4. The number of fused-ring (bicyclic) bond motifs is 1. The second kappa shape index (κ2) is 9.13. The molecule has 0 saturated carbocycles. The molecule has 2 N–H and O–H groups in total. The van der Waals surface area contributed by atoms with Gasteiger partial charge in [-0.15, -0.1) is 11.8 Å². The third kappa shape index (κ3) is 5.74. The van der Waals surface area contributed by atoms with E-state index in [0.717, 1.165) is 16.4 Å². The average molecular weight is 416 g/mol. The Bertz CT molecular complexity index is 764. The quantitative estimate of drug-likeness (QED) is 0.645. The van der Waals surface area contributed by atoms with Gasteiger partial charge in [0.25, 0.3) is 10.2 Å². The van der Waals surface area contributed by atoms with E-state index in [1.54, 1.807) is 11.8 Å². The fourth-order valence-electron chi connectivity index (χ4n) is 3.05. The Morgan fingerprint density at radius 3 is 2.63 bits per heavy atom. The minimum absolute atomic E-state index is 0.106. The first-order valence-corrected chi connectivity index (χ1v) is 11.4. The number of nitrogens with one attached hydrogen (secondary N) is 2. The zero-order valence-electron chi connectivity index (χ0n) is 15.3. The highest BCUT2D eigenvalue weighted by Gasteiger charge is 2.25. The number of carbonyl (C=O) groups is 1. The smallest absolute Gasteiger partial charge is 0.276 e. The second-order valence-electron chi connectivity index (χ2n) is 6.38. The molecule has 2 heterocycles. The van der Waals surface area contributed by atoms with E-state index in [1.165, 1.54) is 7.05 Å². The van der Waals surface area contributed by atoms with Crippen molar-refractivity contribution in [1.82, 2.24) is 14.3 Å². The van der Waals surface area contributed by atoms with Gasteiger partial charge in [-0.05, 0) is 31.0 Å². The Balaban J connectivity index is 1.40. The first-order chi connectivity index (χ1) is 13.0. The summed E-state index contributed by atoms with van der Waals surface area (Å²) >= 11 is 1.61.